The molecule has 0 radical (unpaired) electrons. The molecule has 2 heteroatoms. The Morgan fingerprint density at radius 3 is 2.42 bits per heavy atom. The number of ketones is 1. The molecule has 1 aliphatic rings. The van der Waals surface area contributed by atoms with E-state index < -0.39 is 0 Å². The van der Waals surface area contributed by atoms with Crippen molar-refractivity contribution in [1.82, 2.24) is 0 Å². The standard InChI is InChI=1S/C17H24O2/c1-12-9-10-13(2)17(14(12)3)19-11-16(18)15-7-5-4-6-8-15/h9-10,15H,4-8,11H2,1-3H3. The molecule has 0 heterocycles. The van der Waals surface area contributed by atoms with E-state index in [1.807, 2.05) is 6.92 Å². The third-order valence-electron chi connectivity index (χ3n) is 4.29. The van der Waals surface area contributed by atoms with Crippen LogP contribution in [0.1, 0.15) is 48.8 Å². The lowest BCUT2D eigenvalue weighted by Crippen LogP contribution is -2.24. The van der Waals surface area contributed by atoms with E-state index in [9.17, 15) is 4.79 Å². The van der Waals surface area contributed by atoms with Crippen LogP contribution < -0.4 is 4.74 Å². The van der Waals surface area contributed by atoms with Gasteiger partial charge in [-0.25, -0.2) is 0 Å². The van der Waals surface area contributed by atoms with Crippen molar-refractivity contribution >= 4 is 5.78 Å². The lowest BCUT2D eigenvalue weighted by Gasteiger charge is -2.21. The second kappa shape index (κ2) is 6.23. The number of benzene rings is 1. The summed E-state index contributed by atoms with van der Waals surface area (Å²) in [5.41, 5.74) is 3.47. The molecule has 19 heavy (non-hydrogen) atoms. The van der Waals surface area contributed by atoms with Gasteiger partial charge in [0.25, 0.3) is 0 Å². The molecular formula is C17H24O2. The van der Waals surface area contributed by atoms with Crippen LogP contribution in [0.25, 0.3) is 0 Å². The molecule has 2 rings (SSSR count). The molecule has 0 aromatic heterocycles. The maximum absolute atomic E-state index is 12.2. The summed E-state index contributed by atoms with van der Waals surface area (Å²) in [6.07, 6.45) is 5.76. The maximum Gasteiger partial charge on any atom is 0.173 e. The molecule has 0 aliphatic heterocycles. The Balaban J connectivity index is 1.98. The SMILES string of the molecule is Cc1ccc(C)c(OCC(=O)C2CCCCC2)c1C. The molecular weight excluding hydrogens is 236 g/mol. The zero-order chi connectivity index (χ0) is 13.8. The van der Waals surface area contributed by atoms with E-state index in [1.165, 1.54) is 24.8 Å². The van der Waals surface area contributed by atoms with Gasteiger partial charge in [0.05, 0.1) is 0 Å². The number of hydrogen-bond acceptors (Lipinski definition) is 2. The van der Waals surface area contributed by atoms with E-state index in [-0.39, 0.29) is 18.3 Å². The number of rotatable bonds is 4. The fourth-order valence-corrected chi connectivity index (χ4v) is 2.83. The molecule has 0 unspecified atom stereocenters. The predicted octanol–water partition coefficient (Wildman–Crippen LogP) is 4.14. The fraction of sp³-hybridized carbons (Fsp3) is 0.588. The van der Waals surface area contributed by atoms with Gasteiger partial charge < -0.3 is 4.74 Å². The van der Waals surface area contributed by atoms with E-state index in [2.05, 4.69) is 26.0 Å². The van der Waals surface area contributed by atoms with Crippen LogP contribution in [0.15, 0.2) is 12.1 Å². The number of ether oxygens (including phenoxy) is 1. The molecule has 104 valence electrons. The summed E-state index contributed by atoms with van der Waals surface area (Å²) in [7, 11) is 0. The van der Waals surface area contributed by atoms with Crippen LogP contribution in [0, 0.1) is 26.7 Å². The molecule has 0 atom stereocenters. The lowest BCUT2D eigenvalue weighted by atomic mass is 9.86. The van der Waals surface area contributed by atoms with E-state index in [0.29, 0.717) is 0 Å². The highest BCUT2D eigenvalue weighted by Gasteiger charge is 2.21. The number of hydrogen-bond donors (Lipinski definition) is 0. The molecule has 1 fully saturated rings. The molecule has 0 amide bonds. The van der Waals surface area contributed by atoms with Gasteiger partial charge in [0.1, 0.15) is 12.4 Å². The van der Waals surface area contributed by atoms with E-state index in [0.717, 1.165) is 29.7 Å². The van der Waals surface area contributed by atoms with Gasteiger partial charge in [-0.2, -0.15) is 0 Å². The van der Waals surface area contributed by atoms with Gasteiger partial charge in [-0.1, -0.05) is 31.4 Å². The fourth-order valence-electron chi connectivity index (χ4n) is 2.83. The van der Waals surface area contributed by atoms with Crippen molar-refractivity contribution in [3.8, 4) is 5.75 Å². The largest absolute Gasteiger partial charge is 0.485 e. The first-order chi connectivity index (χ1) is 9.09. The number of carbonyl (C=O) groups excluding carboxylic acids is 1. The summed E-state index contributed by atoms with van der Waals surface area (Å²) in [6, 6.07) is 4.16. The van der Waals surface area contributed by atoms with Crippen LogP contribution in [0.5, 0.6) is 5.75 Å². The summed E-state index contributed by atoms with van der Waals surface area (Å²) in [4.78, 5) is 12.2. The number of Topliss-reactive ketones (excluding diaryl/α,β-unsaturated/α-hetero) is 1. The van der Waals surface area contributed by atoms with E-state index in [1.54, 1.807) is 0 Å². The molecule has 1 aromatic carbocycles. The Morgan fingerprint density at radius 1 is 1.11 bits per heavy atom. The third kappa shape index (κ3) is 3.37. The summed E-state index contributed by atoms with van der Waals surface area (Å²) < 4.78 is 5.81. The average Bonchev–Trinajstić information content (AvgIpc) is 2.44. The van der Waals surface area contributed by atoms with Gasteiger partial charge in [0.2, 0.25) is 0 Å². The monoisotopic (exact) mass is 260 g/mol. The Bertz CT molecular complexity index is 457. The third-order valence-corrected chi connectivity index (χ3v) is 4.29. The minimum Gasteiger partial charge on any atom is -0.485 e. The van der Waals surface area contributed by atoms with E-state index >= 15 is 0 Å². The average molecular weight is 260 g/mol. The van der Waals surface area contributed by atoms with Crippen LogP contribution in [0.4, 0.5) is 0 Å². The summed E-state index contributed by atoms with van der Waals surface area (Å²) in [5.74, 6) is 1.41. The molecule has 0 bridgehead atoms. The summed E-state index contributed by atoms with van der Waals surface area (Å²) >= 11 is 0. The second-order valence-corrected chi connectivity index (χ2v) is 5.74. The van der Waals surface area contributed by atoms with Gasteiger partial charge >= 0.3 is 0 Å². The van der Waals surface area contributed by atoms with Crippen molar-refractivity contribution in [2.45, 2.75) is 52.9 Å². The van der Waals surface area contributed by atoms with Crippen molar-refractivity contribution in [3.05, 3.63) is 28.8 Å². The van der Waals surface area contributed by atoms with Crippen LogP contribution >= 0.6 is 0 Å². The summed E-state index contributed by atoms with van der Waals surface area (Å²) in [5, 5.41) is 0. The summed E-state index contributed by atoms with van der Waals surface area (Å²) in [6.45, 7) is 6.40. The molecule has 1 aromatic rings. The van der Waals surface area contributed by atoms with Crippen LogP contribution in [0.3, 0.4) is 0 Å². The zero-order valence-electron chi connectivity index (χ0n) is 12.3. The quantitative estimate of drug-likeness (QED) is 0.813. The molecule has 2 nitrogen and oxygen atoms in total. The van der Waals surface area contributed by atoms with Gasteiger partial charge in [-0.3, -0.25) is 4.79 Å². The minimum atomic E-state index is 0.232. The maximum atomic E-state index is 12.2. The predicted molar refractivity (Wildman–Crippen MR) is 77.7 cm³/mol. The second-order valence-electron chi connectivity index (χ2n) is 5.74. The van der Waals surface area contributed by atoms with E-state index in [4.69, 9.17) is 4.74 Å². The van der Waals surface area contributed by atoms with Crippen molar-refractivity contribution in [1.29, 1.82) is 0 Å². The molecule has 0 spiro atoms. The van der Waals surface area contributed by atoms with Crippen molar-refractivity contribution in [2.24, 2.45) is 5.92 Å². The number of aryl methyl sites for hydroxylation is 2. The van der Waals surface area contributed by atoms with Gasteiger partial charge in [-0.15, -0.1) is 0 Å². The van der Waals surface area contributed by atoms with Crippen LogP contribution in [0.2, 0.25) is 0 Å². The first-order valence-electron chi connectivity index (χ1n) is 7.32. The van der Waals surface area contributed by atoms with Gasteiger partial charge in [0.15, 0.2) is 5.78 Å². The van der Waals surface area contributed by atoms with Crippen molar-refractivity contribution in [2.75, 3.05) is 6.61 Å². The zero-order valence-corrected chi connectivity index (χ0v) is 12.3. The Hall–Kier alpha value is -1.31. The minimum absolute atomic E-state index is 0.232. The first-order valence-corrected chi connectivity index (χ1v) is 7.32. The van der Waals surface area contributed by atoms with Crippen molar-refractivity contribution < 1.29 is 9.53 Å². The Kier molecular flexibility index (Phi) is 4.62. The highest BCUT2D eigenvalue weighted by molar-refractivity contribution is 5.82. The van der Waals surface area contributed by atoms with Gasteiger partial charge in [0, 0.05) is 5.92 Å². The smallest absolute Gasteiger partial charge is 0.173 e. The Morgan fingerprint density at radius 2 is 1.74 bits per heavy atom. The van der Waals surface area contributed by atoms with Gasteiger partial charge in [-0.05, 0) is 50.3 Å². The topological polar surface area (TPSA) is 26.3 Å². The highest BCUT2D eigenvalue weighted by atomic mass is 16.5. The van der Waals surface area contributed by atoms with Crippen LogP contribution in [-0.2, 0) is 4.79 Å². The lowest BCUT2D eigenvalue weighted by molar-refractivity contribution is -0.125. The molecule has 1 saturated carbocycles. The number of carbonyl (C=O) groups is 1. The molecule has 0 saturated heterocycles. The normalized spacial score (nSPS) is 16.4. The van der Waals surface area contributed by atoms with Crippen LogP contribution in [-0.4, -0.2) is 12.4 Å². The first kappa shape index (κ1) is 14.1. The molecule has 1 aliphatic carbocycles. The Labute approximate surface area is 116 Å². The highest BCUT2D eigenvalue weighted by Crippen LogP contribution is 2.27. The van der Waals surface area contributed by atoms with Crippen molar-refractivity contribution in [3.63, 3.8) is 0 Å². The molecule has 0 N–H and O–H groups in total.